The third-order valence-corrected chi connectivity index (χ3v) is 3.21. The van der Waals surface area contributed by atoms with Crippen LogP contribution < -0.4 is 0 Å². The van der Waals surface area contributed by atoms with Crippen molar-refractivity contribution in [2.45, 2.75) is 32.5 Å². The van der Waals surface area contributed by atoms with E-state index in [1.54, 1.807) is 18.3 Å². The summed E-state index contributed by atoms with van der Waals surface area (Å²) in [5.41, 5.74) is 1.46. The lowest BCUT2D eigenvalue weighted by atomic mass is 10.0. The van der Waals surface area contributed by atoms with Gasteiger partial charge < -0.3 is 10.2 Å². The molecular weight excluding hydrogens is 238 g/mol. The smallest absolute Gasteiger partial charge is 0.185 e. The van der Waals surface area contributed by atoms with Crippen LogP contribution in [-0.4, -0.2) is 32.2 Å². The van der Waals surface area contributed by atoms with Gasteiger partial charge in [-0.2, -0.15) is 0 Å². The molecule has 1 aromatic heterocycles. The van der Waals surface area contributed by atoms with E-state index in [9.17, 15) is 15.0 Å². The Balaban J connectivity index is 2.48. The first-order valence-corrected chi connectivity index (χ1v) is 6.41. The molecule has 2 unspecified atom stereocenters. The molecule has 0 bridgehead atoms. The van der Waals surface area contributed by atoms with Crippen LogP contribution in [0.1, 0.15) is 30.7 Å². The maximum Gasteiger partial charge on any atom is 0.185 e. The Kier molecular flexibility index (Phi) is 5.61. The molecule has 2 atom stereocenters. The fourth-order valence-electron chi connectivity index (χ4n) is 1.36. The Morgan fingerprint density at radius 3 is 2.71 bits per heavy atom. The number of nitrogens with zero attached hydrogens (tertiary/aromatic N) is 1. The molecule has 2 N–H and O–H groups in total. The molecule has 0 spiro atoms. The van der Waals surface area contributed by atoms with E-state index in [4.69, 9.17) is 0 Å². The monoisotopic (exact) mass is 255 g/mol. The van der Waals surface area contributed by atoms with Crippen molar-refractivity contribution in [2.24, 2.45) is 0 Å². The van der Waals surface area contributed by atoms with E-state index in [1.165, 1.54) is 6.92 Å². The number of carbonyl (C=O) groups is 1. The highest BCUT2D eigenvalue weighted by Gasteiger charge is 2.18. The van der Waals surface area contributed by atoms with Crippen LogP contribution in [0.3, 0.4) is 0 Å². The molecule has 0 radical (unpaired) electrons. The van der Waals surface area contributed by atoms with Crippen LogP contribution in [0.2, 0.25) is 0 Å². The summed E-state index contributed by atoms with van der Waals surface area (Å²) in [5, 5.41) is 19.6. The predicted molar refractivity (Wildman–Crippen MR) is 67.7 cm³/mol. The Bertz CT molecular complexity index is 367. The first kappa shape index (κ1) is 14.2. The van der Waals surface area contributed by atoms with Gasteiger partial charge in [0.25, 0.3) is 0 Å². The molecule has 0 amide bonds. The average Bonchev–Trinajstić information content (AvgIpc) is 2.28. The number of hydrogen-bond donors (Lipinski definition) is 2. The lowest BCUT2D eigenvalue weighted by Gasteiger charge is -2.17. The minimum absolute atomic E-state index is 0.0173. The van der Waals surface area contributed by atoms with E-state index in [-0.39, 0.29) is 5.12 Å². The molecule has 0 aliphatic carbocycles. The minimum atomic E-state index is -0.948. The molecule has 1 heterocycles. The molecule has 0 aromatic carbocycles. The molecular formula is C12H17NO3S. The molecule has 0 aliphatic heterocycles. The number of aryl methyl sites for hydroxylation is 1. The standard InChI is InChI=1S/C12H17NO3S/c1-8-3-4-10(7-13-8)12(16)11(15)5-6-17-9(2)14/h3-4,7,11-12,15-16H,5-6H2,1-2H3. The highest BCUT2D eigenvalue weighted by Crippen LogP contribution is 2.19. The van der Waals surface area contributed by atoms with E-state index >= 15 is 0 Å². The summed E-state index contributed by atoms with van der Waals surface area (Å²) >= 11 is 1.15. The van der Waals surface area contributed by atoms with Crippen LogP contribution in [0.25, 0.3) is 0 Å². The third kappa shape index (κ3) is 4.85. The molecule has 1 aromatic rings. The molecule has 5 heteroatoms. The molecule has 17 heavy (non-hydrogen) atoms. The van der Waals surface area contributed by atoms with Gasteiger partial charge in [0.05, 0.1) is 6.10 Å². The van der Waals surface area contributed by atoms with Crippen molar-refractivity contribution in [1.29, 1.82) is 0 Å². The van der Waals surface area contributed by atoms with E-state index in [0.717, 1.165) is 17.5 Å². The van der Waals surface area contributed by atoms with Crippen molar-refractivity contribution >= 4 is 16.9 Å². The van der Waals surface area contributed by atoms with E-state index in [0.29, 0.717) is 17.7 Å². The summed E-state index contributed by atoms with van der Waals surface area (Å²) in [7, 11) is 0. The zero-order valence-electron chi connectivity index (χ0n) is 9.96. The average molecular weight is 255 g/mol. The first-order valence-electron chi connectivity index (χ1n) is 5.42. The van der Waals surface area contributed by atoms with Gasteiger partial charge in [-0.25, -0.2) is 0 Å². The number of aliphatic hydroxyl groups is 2. The molecule has 1 rings (SSSR count). The van der Waals surface area contributed by atoms with Gasteiger partial charge in [-0.3, -0.25) is 9.78 Å². The Morgan fingerprint density at radius 2 is 2.18 bits per heavy atom. The summed E-state index contributed by atoms with van der Waals surface area (Å²) in [4.78, 5) is 14.8. The molecule has 0 fully saturated rings. The molecule has 94 valence electrons. The summed E-state index contributed by atoms with van der Waals surface area (Å²) < 4.78 is 0. The van der Waals surface area contributed by atoms with E-state index in [1.807, 2.05) is 6.92 Å². The maximum absolute atomic E-state index is 10.7. The van der Waals surface area contributed by atoms with Crippen LogP contribution in [0, 0.1) is 6.92 Å². The fourth-order valence-corrected chi connectivity index (χ4v) is 2.00. The SMILES string of the molecule is CC(=O)SCCC(O)C(O)c1ccc(C)nc1. The normalized spacial score (nSPS) is 14.4. The van der Waals surface area contributed by atoms with Crippen LogP contribution in [0.15, 0.2) is 18.3 Å². The van der Waals surface area contributed by atoms with Gasteiger partial charge in [-0.1, -0.05) is 17.8 Å². The highest BCUT2D eigenvalue weighted by atomic mass is 32.2. The largest absolute Gasteiger partial charge is 0.390 e. The molecule has 0 aliphatic rings. The van der Waals surface area contributed by atoms with Crippen molar-refractivity contribution in [2.75, 3.05) is 5.75 Å². The quantitative estimate of drug-likeness (QED) is 0.833. The zero-order chi connectivity index (χ0) is 12.8. The summed E-state index contributed by atoms with van der Waals surface area (Å²) in [6.45, 7) is 3.34. The number of hydrogen-bond acceptors (Lipinski definition) is 5. The predicted octanol–water partition coefficient (Wildman–Crippen LogP) is 1.45. The minimum Gasteiger partial charge on any atom is -0.390 e. The van der Waals surface area contributed by atoms with Gasteiger partial charge in [-0.15, -0.1) is 0 Å². The second-order valence-corrected chi connectivity index (χ2v) is 5.15. The van der Waals surface area contributed by atoms with Gasteiger partial charge in [0, 0.05) is 30.1 Å². The van der Waals surface area contributed by atoms with E-state index in [2.05, 4.69) is 4.98 Å². The summed E-state index contributed by atoms with van der Waals surface area (Å²) in [6, 6.07) is 3.53. The number of carbonyl (C=O) groups excluding carboxylic acids is 1. The topological polar surface area (TPSA) is 70.4 Å². The van der Waals surface area contributed by atoms with Crippen molar-refractivity contribution in [1.82, 2.24) is 4.98 Å². The van der Waals surface area contributed by atoms with Gasteiger partial charge in [0.1, 0.15) is 6.10 Å². The summed E-state index contributed by atoms with van der Waals surface area (Å²) in [5.74, 6) is 0.507. The lowest BCUT2D eigenvalue weighted by molar-refractivity contribution is -0.109. The maximum atomic E-state index is 10.7. The van der Waals surface area contributed by atoms with Gasteiger partial charge in [0.15, 0.2) is 5.12 Å². The zero-order valence-corrected chi connectivity index (χ0v) is 10.8. The van der Waals surface area contributed by atoms with Gasteiger partial charge in [-0.05, 0) is 19.4 Å². The van der Waals surface area contributed by atoms with Crippen molar-refractivity contribution in [3.05, 3.63) is 29.6 Å². The Labute approximate surface area is 105 Å². The number of pyridine rings is 1. The van der Waals surface area contributed by atoms with Crippen molar-refractivity contribution in [3.8, 4) is 0 Å². The third-order valence-electron chi connectivity index (χ3n) is 2.36. The fraction of sp³-hybridized carbons (Fsp3) is 0.500. The first-order chi connectivity index (χ1) is 8.00. The number of rotatable bonds is 5. The van der Waals surface area contributed by atoms with Gasteiger partial charge >= 0.3 is 0 Å². The molecule has 0 saturated heterocycles. The van der Waals surface area contributed by atoms with Gasteiger partial charge in [0.2, 0.25) is 0 Å². The van der Waals surface area contributed by atoms with Crippen LogP contribution in [-0.2, 0) is 4.79 Å². The van der Waals surface area contributed by atoms with Crippen LogP contribution >= 0.6 is 11.8 Å². The molecule has 0 saturated carbocycles. The van der Waals surface area contributed by atoms with Crippen LogP contribution in [0.5, 0.6) is 0 Å². The number of aliphatic hydroxyl groups excluding tert-OH is 2. The summed E-state index contributed by atoms with van der Waals surface area (Å²) in [6.07, 6.45) is 0.114. The lowest BCUT2D eigenvalue weighted by Crippen LogP contribution is -2.19. The Morgan fingerprint density at radius 1 is 1.47 bits per heavy atom. The second kappa shape index (κ2) is 6.74. The Hall–Kier alpha value is -0.910. The number of thioether (sulfide) groups is 1. The highest BCUT2D eigenvalue weighted by molar-refractivity contribution is 8.13. The molecule has 4 nitrogen and oxygen atoms in total. The van der Waals surface area contributed by atoms with Crippen molar-refractivity contribution in [3.63, 3.8) is 0 Å². The van der Waals surface area contributed by atoms with Crippen LogP contribution in [0.4, 0.5) is 0 Å². The van der Waals surface area contributed by atoms with Crippen molar-refractivity contribution < 1.29 is 15.0 Å². The van der Waals surface area contributed by atoms with E-state index < -0.39 is 12.2 Å². The second-order valence-electron chi connectivity index (χ2n) is 3.87. The number of aromatic nitrogens is 1.